The van der Waals surface area contributed by atoms with Crippen molar-refractivity contribution in [1.29, 1.82) is 0 Å². The van der Waals surface area contributed by atoms with Gasteiger partial charge in [0.15, 0.2) is 34.6 Å². The minimum Gasteiger partial charge on any atom is -0.504 e. The first-order valence-electron chi connectivity index (χ1n) is 11.2. The average molecular weight is 619 g/mol. The molecule has 0 amide bonds. The second-order valence-corrected chi connectivity index (χ2v) is 9.52. The zero-order valence-corrected chi connectivity index (χ0v) is 21.4. The zero-order chi connectivity index (χ0) is 28.7. The molecule has 0 unspecified atom stereocenters. The van der Waals surface area contributed by atoms with E-state index < -0.39 is 51.2 Å². The van der Waals surface area contributed by atoms with Crippen LogP contribution in [0.25, 0.3) is 10.9 Å². The van der Waals surface area contributed by atoms with Crippen LogP contribution in [-0.2, 0) is 0 Å². The van der Waals surface area contributed by atoms with Crippen LogP contribution >= 0.6 is 15.9 Å². The van der Waals surface area contributed by atoms with Crippen molar-refractivity contribution in [2.75, 3.05) is 25.0 Å². The van der Waals surface area contributed by atoms with E-state index in [4.69, 9.17) is 9.47 Å². The Bertz CT molecular complexity index is 1350. The zero-order valence-electron chi connectivity index (χ0n) is 19.8. The van der Waals surface area contributed by atoms with Crippen molar-refractivity contribution in [2.45, 2.75) is 25.1 Å². The van der Waals surface area contributed by atoms with Crippen LogP contribution in [0.5, 0.6) is 28.7 Å². The van der Waals surface area contributed by atoms with Crippen LogP contribution in [-0.4, -0.2) is 92.8 Å². The Balaban J connectivity index is 1.65. The fourth-order valence-electron chi connectivity index (χ4n) is 4.00. The van der Waals surface area contributed by atoms with Gasteiger partial charge in [0.2, 0.25) is 0 Å². The Labute approximate surface area is 226 Å². The summed E-state index contributed by atoms with van der Waals surface area (Å²) in [7, 11) is 0. The number of halogens is 2. The number of aromatic nitrogens is 2. The topological polar surface area (TPSA) is 242 Å². The van der Waals surface area contributed by atoms with Crippen LogP contribution < -0.4 is 14.8 Å². The summed E-state index contributed by atoms with van der Waals surface area (Å²) in [5.74, 6) is -4.92. The normalized spacial score (nSPS) is 15.5. The van der Waals surface area contributed by atoms with E-state index in [1.165, 1.54) is 6.07 Å². The Kier molecular flexibility index (Phi) is 7.88. The maximum Gasteiger partial charge on any atom is 0.453 e. The molecule has 2 aromatic carbocycles. The van der Waals surface area contributed by atoms with Gasteiger partial charge in [-0.25, -0.2) is 19.3 Å². The van der Waals surface area contributed by atoms with Crippen molar-refractivity contribution in [3.63, 3.8) is 0 Å². The van der Waals surface area contributed by atoms with Crippen molar-refractivity contribution < 1.29 is 59.8 Å². The molecule has 0 radical (unpaired) electrons. The number of rotatable bonds is 8. The minimum absolute atomic E-state index is 0.0447. The summed E-state index contributed by atoms with van der Waals surface area (Å²) in [5.41, 5.74) is -0.582. The molecule has 4 rings (SSSR count). The highest BCUT2D eigenvalue weighted by molar-refractivity contribution is 9.10. The number of nitrogens with one attached hydrogen (secondary N) is 1. The number of likely N-dealkylation sites (tertiary alicyclic amines) is 1. The third-order valence-corrected chi connectivity index (χ3v) is 6.76. The van der Waals surface area contributed by atoms with E-state index in [1.54, 1.807) is 0 Å². The van der Waals surface area contributed by atoms with E-state index in [9.17, 15) is 50.3 Å². The van der Waals surface area contributed by atoms with Crippen molar-refractivity contribution in [3.05, 3.63) is 28.7 Å². The number of anilines is 2. The highest BCUT2D eigenvalue weighted by Gasteiger charge is 2.33. The van der Waals surface area contributed by atoms with Gasteiger partial charge in [0.25, 0.3) is 0 Å². The number of phenolic OH excluding ortho intramolecular Hbond substituents is 3. The standard InChI is InChI=1S/C22H24BrFN4O11/c23-14-17(29)15(24)16(19(31)18(14)30)27-20-10-5-13(39-22(35,36)37)12(6-11(10)25-8-26-20)38-7-9-1-3-28(4-2-9)21(32,33)34/h5-6,8-9,29-37H,1-4,7H2,(H,25,26,27). The summed E-state index contributed by atoms with van der Waals surface area (Å²) in [6.07, 6.45) is -4.67. The van der Waals surface area contributed by atoms with Crippen molar-refractivity contribution >= 4 is 38.3 Å². The van der Waals surface area contributed by atoms with Crippen LogP contribution in [0.4, 0.5) is 15.9 Å². The van der Waals surface area contributed by atoms with E-state index in [1.807, 2.05) is 0 Å². The number of nitrogens with zero attached hydrogens (tertiary/aromatic N) is 3. The van der Waals surface area contributed by atoms with Crippen LogP contribution in [0.1, 0.15) is 12.8 Å². The van der Waals surface area contributed by atoms with Crippen molar-refractivity contribution in [2.24, 2.45) is 5.92 Å². The fraction of sp³-hybridized carbons (Fsp3) is 0.364. The molecule has 15 nitrogen and oxygen atoms in total. The number of hydrogen-bond donors (Lipinski definition) is 10. The van der Waals surface area contributed by atoms with Gasteiger partial charge in [-0.1, -0.05) is 0 Å². The molecule has 0 bridgehead atoms. The molecular formula is C22H24BrFN4O11. The van der Waals surface area contributed by atoms with Crippen LogP contribution in [0, 0.1) is 11.7 Å². The van der Waals surface area contributed by atoms with E-state index >= 15 is 0 Å². The summed E-state index contributed by atoms with van der Waals surface area (Å²) in [6, 6.07) is 2.42. The number of phenols is 3. The smallest absolute Gasteiger partial charge is 0.453 e. The van der Waals surface area contributed by atoms with Crippen molar-refractivity contribution in [1.82, 2.24) is 14.9 Å². The molecule has 212 valence electrons. The highest BCUT2D eigenvalue weighted by Crippen LogP contribution is 2.48. The molecule has 1 aromatic heterocycles. The van der Waals surface area contributed by atoms with Crippen molar-refractivity contribution in [3.8, 4) is 28.7 Å². The maximum atomic E-state index is 14.7. The largest absolute Gasteiger partial charge is 0.504 e. The van der Waals surface area contributed by atoms with Crippen LogP contribution in [0.2, 0.25) is 0 Å². The molecule has 0 saturated carbocycles. The molecule has 1 aliphatic heterocycles. The molecule has 1 aliphatic rings. The predicted molar refractivity (Wildman–Crippen MR) is 131 cm³/mol. The van der Waals surface area contributed by atoms with Gasteiger partial charge in [-0.2, -0.15) is 0 Å². The number of benzene rings is 2. The molecule has 0 aliphatic carbocycles. The highest BCUT2D eigenvalue weighted by atomic mass is 79.9. The second kappa shape index (κ2) is 10.7. The van der Waals surface area contributed by atoms with Gasteiger partial charge in [-0.05, 0) is 40.8 Å². The lowest BCUT2D eigenvalue weighted by molar-refractivity contribution is -0.419. The Morgan fingerprint density at radius 1 is 0.974 bits per heavy atom. The second-order valence-electron chi connectivity index (χ2n) is 8.73. The number of aromatic hydroxyl groups is 3. The number of piperidine rings is 1. The van der Waals surface area contributed by atoms with E-state index in [-0.39, 0.29) is 48.1 Å². The number of hydrogen-bond acceptors (Lipinski definition) is 15. The lowest BCUT2D eigenvalue weighted by Crippen LogP contribution is -2.52. The first-order chi connectivity index (χ1) is 18.2. The van der Waals surface area contributed by atoms with Gasteiger partial charge in [0.05, 0.1) is 12.1 Å². The molecule has 3 aromatic rings. The van der Waals surface area contributed by atoms with Gasteiger partial charge in [0, 0.05) is 24.5 Å². The minimum atomic E-state index is -3.62. The molecule has 0 atom stereocenters. The summed E-state index contributed by atoms with van der Waals surface area (Å²) in [5, 5.41) is 88.7. The molecule has 39 heavy (non-hydrogen) atoms. The van der Waals surface area contributed by atoms with Gasteiger partial charge in [-0.3, -0.25) is 0 Å². The number of ether oxygens (including phenoxy) is 2. The lowest BCUT2D eigenvalue weighted by atomic mass is 9.98. The molecule has 2 heterocycles. The van der Waals surface area contributed by atoms with Gasteiger partial charge < -0.3 is 60.7 Å². The molecule has 1 fully saturated rings. The Morgan fingerprint density at radius 3 is 2.26 bits per heavy atom. The lowest BCUT2D eigenvalue weighted by Gasteiger charge is -2.36. The Morgan fingerprint density at radius 2 is 1.64 bits per heavy atom. The number of aliphatic hydroxyl groups is 6. The third-order valence-electron chi connectivity index (χ3n) is 6.01. The number of fused-ring (bicyclic) bond motifs is 1. The molecule has 1 saturated heterocycles. The first-order valence-corrected chi connectivity index (χ1v) is 12.0. The fourth-order valence-corrected chi connectivity index (χ4v) is 4.36. The summed E-state index contributed by atoms with van der Waals surface area (Å²) < 4.78 is 24.8. The Hall–Kier alpha value is -3.29. The average Bonchev–Trinajstić information content (AvgIpc) is 2.86. The SMILES string of the molecule is Oc1c(O)c(Nc2ncnc3cc(OCC4CCN(C(O)(O)O)CC4)c(OC(O)(O)O)cc23)c(F)c(O)c1Br. The molecule has 17 heteroatoms. The maximum absolute atomic E-state index is 14.7. The van der Waals surface area contributed by atoms with Gasteiger partial charge >= 0.3 is 12.3 Å². The molecular weight excluding hydrogens is 595 g/mol. The first kappa shape index (κ1) is 28.7. The van der Waals surface area contributed by atoms with E-state index in [2.05, 4.69) is 31.2 Å². The quantitative estimate of drug-likeness (QED) is 0.0909. The van der Waals surface area contributed by atoms with Gasteiger partial charge in [0.1, 0.15) is 22.3 Å². The molecule has 0 spiro atoms. The predicted octanol–water partition coefficient (Wildman–Crippen LogP) is 0.0378. The molecule has 10 N–H and O–H groups in total. The summed E-state index contributed by atoms with van der Waals surface area (Å²) in [4.78, 5) is 9.09. The van der Waals surface area contributed by atoms with Crippen LogP contribution in [0.15, 0.2) is 22.9 Å². The third kappa shape index (κ3) is 6.31. The van der Waals surface area contributed by atoms with E-state index in [0.717, 1.165) is 17.3 Å². The summed E-state index contributed by atoms with van der Waals surface area (Å²) >= 11 is 2.75. The summed E-state index contributed by atoms with van der Waals surface area (Å²) in [6.45, 7) is 0.351. The van der Waals surface area contributed by atoms with Gasteiger partial charge in [-0.15, -0.1) is 0 Å². The van der Waals surface area contributed by atoms with E-state index in [0.29, 0.717) is 12.8 Å². The monoisotopic (exact) mass is 618 g/mol. The van der Waals surface area contributed by atoms with Crippen LogP contribution in [0.3, 0.4) is 0 Å².